The number of nitrogens with one attached hydrogen (secondary N) is 1. The predicted molar refractivity (Wildman–Crippen MR) is 108 cm³/mol. The minimum Gasteiger partial charge on any atom is -0.453 e. The van der Waals surface area contributed by atoms with E-state index in [4.69, 9.17) is 4.74 Å². The number of fused-ring (bicyclic) bond motifs is 1. The number of esters is 1. The zero-order chi connectivity index (χ0) is 20.8. The fourth-order valence-electron chi connectivity index (χ4n) is 2.87. The van der Waals surface area contributed by atoms with Crippen LogP contribution in [0.5, 0.6) is 0 Å². The molecule has 0 aliphatic rings. The fourth-order valence-corrected chi connectivity index (χ4v) is 2.87. The molecule has 0 bridgehead atoms. The number of hydrogen-bond acceptors (Lipinski definition) is 4. The van der Waals surface area contributed by atoms with Gasteiger partial charge in [0.2, 0.25) is 0 Å². The van der Waals surface area contributed by atoms with Gasteiger partial charge in [0.1, 0.15) is 5.82 Å². The molecule has 0 saturated heterocycles. The van der Waals surface area contributed by atoms with Gasteiger partial charge in [0.15, 0.2) is 11.9 Å². The molecule has 0 heterocycles. The second-order valence-corrected chi connectivity index (χ2v) is 6.58. The average Bonchev–Trinajstić information content (AvgIpc) is 2.72. The first kappa shape index (κ1) is 20.2. The van der Waals surface area contributed by atoms with E-state index in [1.807, 2.05) is 36.4 Å². The van der Waals surface area contributed by atoms with E-state index in [2.05, 4.69) is 5.32 Å². The predicted octanol–water partition coefficient (Wildman–Crippen LogP) is 4.51. The summed E-state index contributed by atoms with van der Waals surface area (Å²) in [6.45, 7) is 1.47. The largest absolute Gasteiger partial charge is 0.453 e. The number of carbonyl (C=O) groups excluding carboxylic acids is 3. The smallest absolute Gasteiger partial charge is 0.307 e. The molecular weight excluding hydrogens is 373 g/mol. The van der Waals surface area contributed by atoms with Crippen molar-refractivity contribution in [1.29, 1.82) is 0 Å². The summed E-state index contributed by atoms with van der Waals surface area (Å²) in [7, 11) is 0. The van der Waals surface area contributed by atoms with E-state index < -0.39 is 23.8 Å². The number of carbonyl (C=O) groups is 3. The molecule has 1 unspecified atom stereocenters. The number of rotatable bonds is 7. The molecule has 0 aromatic heterocycles. The molecule has 0 fully saturated rings. The summed E-state index contributed by atoms with van der Waals surface area (Å²) in [5.41, 5.74) is 0.948. The molecule has 1 N–H and O–H groups in total. The second kappa shape index (κ2) is 9.10. The van der Waals surface area contributed by atoms with Crippen LogP contribution in [-0.4, -0.2) is 23.8 Å². The molecule has 0 aliphatic heterocycles. The van der Waals surface area contributed by atoms with Gasteiger partial charge in [-0.1, -0.05) is 36.4 Å². The van der Waals surface area contributed by atoms with Crippen LogP contribution in [0, 0.1) is 5.82 Å². The Hall–Kier alpha value is -3.54. The van der Waals surface area contributed by atoms with Crippen molar-refractivity contribution in [2.45, 2.75) is 25.9 Å². The standard InChI is InChI=1S/C23H20FNO4/c1-15(23(28)25-20-8-4-6-16-5-2-3-7-19(16)20)29-22(27)14-13-21(26)17-9-11-18(24)12-10-17/h2-12,15H,13-14H2,1H3,(H,25,28). The molecule has 6 heteroatoms. The number of hydrogen-bond donors (Lipinski definition) is 1. The van der Waals surface area contributed by atoms with Gasteiger partial charge in [0, 0.05) is 23.1 Å². The third-order valence-corrected chi connectivity index (χ3v) is 4.45. The first-order valence-corrected chi connectivity index (χ1v) is 9.21. The Morgan fingerprint density at radius 3 is 2.38 bits per heavy atom. The van der Waals surface area contributed by atoms with Crippen LogP contribution in [-0.2, 0) is 14.3 Å². The van der Waals surface area contributed by atoms with Crippen LogP contribution in [0.25, 0.3) is 10.8 Å². The van der Waals surface area contributed by atoms with Gasteiger partial charge in [-0.15, -0.1) is 0 Å². The normalized spacial score (nSPS) is 11.7. The number of anilines is 1. The molecule has 0 saturated carbocycles. The van der Waals surface area contributed by atoms with Gasteiger partial charge in [0.25, 0.3) is 5.91 Å². The van der Waals surface area contributed by atoms with Crippen molar-refractivity contribution in [2.75, 3.05) is 5.32 Å². The van der Waals surface area contributed by atoms with E-state index in [0.717, 1.165) is 10.8 Å². The minimum absolute atomic E-state index is 0.0812. The van der Waals surface area contributed by atoms with Gasteiger partial charge in [0.05, 0.1) is 6.42 Å². The summed E-state index contributed by atoms with van der Waals surface area (Å²) in [6.07, 6.45) is -1.26. The highest BCUT2D eigenvalue weighted by Gasteiger charge is 2.19. The molecular formula is C23H20FNO4. The Morgan fingerprint density at radius 1 is 0.931 bits per heavy atom. The van der Waals surface area contributed by atoms with Gasteiger partial charge in [-0.25, -0.2) is 4.39 Å². The van der Waals surface area contributed by atoms with E-state index in [1.54, 1.807) is 6.07 Å². The number of amides is 1. The summed E-state index contributed by atoms with van der Waals surface area (Å²) in [4.78, 5) is 36.4. The summed E-state index contributed by atoms with van der Waals surface area (Å²) in [5.74, 6) is -1.85. The fraction of sp³-hybridized carbons (Fsp3) is 0.174. The molecule has 5 nitrogen and oxygen atoms in total. The monoisotopic (exact) mass is 393 g/mol. The van der Waals surface area contributed by atoms with Crippen LogP contribution < -0.4 is 5.32 Å². The van der Waals surface area contributed by atoms with Crippen LogP contribution in [0.15, 0.2) is 66.7 Å². The number of halogens is 1. The average molecular weight is 393 g/mol. The van der Waals surface area contributed by atoms with Gasteiger partial charge >= 0.3 is 5.97 Å². The molecule has 29 heavy (non-hydrogen) atoms. The lowest BCUT2D eigenvalue weighted by molar-refractivity contribution is -0.153. The second-order valence-electron chi connectivity index (χ2n) is 6.58. The van der Waals surface area contributed by atoms with Gasteiger partial charge in [-0.3, -0.25) is 14.4 Å². The maximum Gasteiger partial charge on any atom is 0.307 e. The van der Waals surface area contributed by atoms with Crippen molar-refractivity contribution in [3.05, 3.63) is 78.1 Å². The summed E-state index contributed by atoms with van der Waals surface area (Å²) >= 11 is 0. The SMILES string of the molecule is CC(OC(=O)CCC(=O)c1ccc(F)cc1)C(=O)Nc1cccc2ccccc12. The zero-order valence-electron chi connectivity index (χ0n) is 15.9. The molecule has 0 radical (unpaired) electrons. The quantitative estimate of drug-likeness (QED) is 0.473. The van der Waals surface area contributed by atoms with E-state index in [1.165, 1.54) is 31.2 Å². The maximum atomic E-state index is 12.9. The van der Waals surface area contributed by atoms with Crippen molar-refractivity contribution in [3.63, 3.8) is 0 Å². The third-order valence-electron chi connectivity index (χ3n) is 4.45. The minimum atomic E-state index is -1.01. The van der Waals surface area contributed by atoms with Crippen LogP contribution in [0.4, 0.5) is 10.1 Å². The van der Waals surface area contributed by atoms with Crippen molar-refractivity contribution >= 4 is 34.1 Å². The first-order valence-electron chi connectivity index (χ1n) is 9.21. The van der Waals surface area contributed by atoms with Crippen LogP contribution >= 0.6 is 0 Å². The molecule has 1 amide bonds. The van der Waals surface area contributed by atoms with Crippen molar-refractivity contribution in [2.24, 2.45) is 0 Å². The molecule has 3 aromatic rings. The number of ketones is 1. The summed E-state index contributed by atoms with van der Waals surface area (Å²) in [5, 5.41) is 4.63. The Bertz CT molecular complexity index is 1040. The van der Waals surface area contributed by atoms with E-state index >= 15 is 0 Å². The Kier molecular flexibility index (Phi) is 6.34. The topological polar surface area (TPSA) is 72.5 Å². The highest BCUT2D eigenvalue weighted by molar-refractivity contribution is 6.04. The van der Waals surface area contributed by atoms with Gasteiger partial charge in [-0.05, 0) is 42.6 Å². The lowest BCUT2D eigenvalue weighted by atomic mass is 10.1. The molecule has 148 valence electrons. The van der Waals surface area contributed by atoms with Crippen LogP contribution in [0.1, 0.15) is 30.1 Å². The lowest BCUT2D eigenvalue weighted by Crippen LogP contribution is -2.30. The Labute approximate surface area is 167 Å². The number of Topliss-reactive ketones (excluding diaryl/α,β-unsaturated/α-hetero) is 1. The zero-order valence-corrected chi connectivity index (χ0v) is 15.9. The third kappa shape index (κ3) is 5.25. The lowest BCUT2D eigenvalue weighted by Gasteiger charge is -2.14. The molecule has 3 aromatic carbocycles. The molecule has 0 spiro atoms. The highest BCUT2D eigenvalue weighted by atomic mass is 19.1. The van der Waals surface area contributed by atoms with Crippen LogP contribution in [0.3, 0.4) is 0 Å². The van der Waals surface area contributed by atoms with Crippen molar-refractivity contribution < 1.29 is 23.5 Å². The Morgan fingerprint density at radius 2 is 1.62 bits per heavy atom. The van der Waals surface area contributed by atoms with Crippen LogP contribution in [0.2, 0.25) is 0 Å². The maximum absolute atomic E-state index is 12.9. The van der Waals surface area contributed by atoms with Crippen molar-refractivity contribution in [3.8, 4) is 0 Å². The van der Waals surface area contributed by atoms with E-state index in [0.29, 0.717) is 11.3 Å². The number of benzene rings is 3. The Balaban J connectivity index is 1.53. The first-order chi connectivity index (χ1) is 13.9. The van der Waals surface area contributed by atoms with Gasteiger partial charge in [-0.2, -0.15) is 0 Å². The highest BCUT2D eigenvalue weighted by Crippen LogP contribution is 2.23. The number of ether oxygens (including phenoxy) is 1. The van der Waals surface area contributed by atoms with E-state index in [9.17, 15) is 18.8 Å². The summed E-state index contributed by atoms with van der Waals surface area (Å²) in [6, 6.07) is 18.3. The summed E-state index contributed by atoms with van der Waals surface area (Å²) < 4.78 is 18.0. The molecule has 0 aliphatic carbocycles. The van der Waals surface area contributed by atoms with E-state index in [-0.39, 0.29) is 18.6 Å². The molecule has 1 atom stereocenters. The van der Waals surface area contributed by atoms with Gasteiger partial charge < -0.3 is 10.1 Å². The van der Waals surface area contributed by atoms with Crippen molar-refractivity contribution in [1.82, 2.24) is 0 Å². The molecule has 3 rings (SSSR count).